The largest absolute Gasteiger partial charge is 0.464 e. The van der Waals surface area contributed by atoms with Crippen LogP contribution in [0.3, 0.4) is 0 Å². The van der Waals surface area contributed by atoms with Gasteiger partial charge in [0, 0.05) is 0 Å². The van der Waals surface area contributed by atoms with Crippen LogP contribution in [0, 0.1) is 5.92 Å². The first-order chi connectivity index (χ1) is 5.90. The minimum absolute atomic E-state index is 0.151. The van der Waals surface area contributed by atoms with E-state index in [-0.39, 0.29) is 6.61 Å². The summed E-state index contributed by atoms with van der Waals surface area (Å²) >= 11 is 0. The van der Waals surface area contributed by atoms with E-state index in [9.17, 15) is 9.59 Å². The maximum Gasteiger partial charge on any atom is 0.322 e. The normalized spacial score (nSPS) is 21.8. The third kappa shape index (κ3) is 2.69. The van der Waals surface area contributed by atoms with Crippen LogP contribution in [0.25, 0.3) is 0 Å². The fraction of sp³-hybridized carbons (Fsp3) is 0.750. The van der Waals surface area contributed by atoms with Crippen LogP contribution >= 0.6 is 0 Å². The van der Waals surface area contributed by atoms with Crippen LogP contribution in [-0.4, -0.2) is 24.1 Å². The quantitative estimate of drug-likeness (QED) is 0.375. The topological polar surface area (TPSA) is 64.6 Å². The van der Waals surface area contributed by atoms with Gasteiger partial charge in [0.25, 0.3) is 5.91 Å². The summed E-state index contributed by atoms with van der Waals surface area (Å²) in [6.45, 7) is 5.54. The first-order valence-corrected chi connectivity index (χ1v) is 4.04. The van der Waals surface area contributed by atoms with Crippen molar-refractivity contribution in [3.63, 3.8) is 0 Å². The van der Waals surface area contributed by atoms with E-state index >= 15 is 0 Å². The third-order valence-corrected chi connectivity index (χ3v) is 1.45. The second kappa shape index (κ2) is 3.33. The van der Waals surface area contributed by atoms with Crippen LogP contribution in [0.4, 0.5) is 0 Å². The predicted molar refractivity (Wildman–Crippen MR) is 43.4 cm³/mol. The Balaban J connectivity index is 2.30. The van der Waals surface area contributed by atoms with Crippen LogP contribution in [0.5, 0.6) is 0 Å². The first-order valence-electron chi connectivity index (χ1n) is 4.04. The molecule has 1 amide bonds. The zero-order valence-electron chi connectivity index (χ0n) is 7.92. The van der Waals surface area contributed by atoms with E-state index in [0.717, 1.165) is 0 Å². The molecule has 1 aliphatic heterocycles. The fourth-order valence-electron chi connectivity index (χ4n) is 0.692. The van der Waals surface area contributed by atoms with Gasteiger partial charge in [0.05, 0.1) is 5.60 Å². The van der Waals surface area contributed by atoms with Crippen molar-refractivity contribution in [1.29, 1.82) is 0 Å². The fourth-order valence-corrected chi connectivity index (χ4v) is 0.692. The molecule has 0 saturated carbocycles. The predicted octanol–water partition coefficient (Wildman–Crippen LogP) is 0.00570. The standard InChI is InChI=1S/C8H13NO4/c1-8(2,3)13-9-6(10)5-4-12-7(5)11/h5H,4H2,1-3H3,(H,9,10). The van der Waals surface area contributed by atoms with Crippen molar-refractivity contribution in [2.75, 3.05) is 6.61 Å². The molecule has 1 fully saturated rings. The Morgan fingerprint density at radius 2 is 2.23 bits per heavy atom. The Kier molecular flexibility index (Phi) is 2.56. The van der Waals surface area contributed by atoms with Crippen molar-refractivity contribution in [1.82, 2.24) is 5.48 Å². The van der Waals surface area contributed by atoms with Gasteiger partial charge < -0.3 is 4.74 Å². The SMILES string of the molecule is CC(C)(C)ONC(=O)C1COC1=O. The molecule has 0 bridgehead atoms. The zero-order chi connectivity index (χ0) is 10.1. The number of hydrogen-bond donors (Lipinski definition) is 1. The smallest absolute Gasteiger partial charge is 0.322 e. The van der Waals surface area contributed by atoms with Crippen LogP contribution in [0.2, 0.25) is 0 Å². The molecule has 1 aliphatic rings. The average Bonchev–Trinajstić information content (AvgIpc) is 1.97. The molecule has 0 radical (unpaired) electrons. The Labute approximate surface area is 76.3 Å². The summed E-state index contributed by atoms with van der Waals surface area (Å²) in [5.41, 5.74) is 1.76. The molecule has 1 saturated heterocycles. The van der Waals surface area contributed by atoms with E-state index in [2.05, 4.69) is 10.2 Å². The molecule has 74 valence electrons. The molecule has 1 heterocycles. The summed E-state index contributed by atoms with van der Waals surface area (Å²) in [5.74, 6) is -1.62. The summed E-state index contributed by atoms with van der Waals surface area (Å²) in [4.78, 5) is 26.8. The van der Waals surface area contributed by atoms with Gasteiger partial charge >= 0.3 is 5.97 Å². The van der Waals surface area contributed by atoms with Crippen molar-refractivity contribution < 1.29 is 19.2 Å². The van der Waals surface area contributed by atoms with E-state index in [1.807, 2.05) is 0 Å². The molecule has 0 aromatic rings. The number of carbonyl (C=O) groups is 2. The zero-order valence-corrected chi connectivity index (χ0v) is 7.92. The summed E-state index contributed by atoms with van der Waals surface area (Å²) < 4.78 is 4.44. The lowest BCUT2D eigenvalue weighted by Gasteiger charge is -2.25. The highest BCUT2D eigenvalue weighted by Crippen LogP contribution is 2.13. The number of hydrogen-bond acceptors (Lipinski definition) is 4. The van der Waals surface area contributed by atoms with Crippen molar-refractivity contribution in [3.8, 4) is 0 Å². The molecule has 13 heavy (non-hydrogen) atoms. The van der Waals surface area contributed by atoms with Crippen LogP contribution in [-0.2, 0) is 19.2 Å². The second-order valence-electron chi connectivity index (χ2n) is 3.86. The van der Waals surface area contributed by atoms with Gasteiger partial charge in [0.2, 0.25) is 0 Å². The molecule has 0 aromatic heterocycles. The second-order valence-corrected chi connectivity index (χ2v) is 3.86. The lowest BCUT2D eigenvalue weighted by molar-refractivity contribution is -0.179. The van der Waals surface area contributed by atoms with Gasteiger partial charge in [0.1, 0.15) is 6.61 Å². The molecular weight excluding hydrogens is 174 g/mol. The van der Waals surface area contributed by atoms with Crippen LogP contribution in [0.1, 0.15) is 20.8 Å². The van der Waals surface area contributed by atoms with E-state index < -0.39 is 23.4 Å². The van der Waals surface area contributed by atoms with E-state index in [1.165, 1.54) is 0 Å². The van der Waals surface area contributed by atoms with Gasteiger partial charge in [-0.3, -0.25) is 14.4 Å². The summed E-state index contributed by atoms with van der Waals surface area (Å²) in [5, 5.41) is 0. The van der Waals surface area contributed by atoms with Gasteiger partial charge in [-0.1, -0.05) is 0 Å². The summed E-state index contributed by atoms with van der Waals surface area (Å²) in [7, 11) is 0. The van der Waals surface area contributed by atoms with Crippen LogP contribution in [0.15, 0.2) is 0 Å². The number of ether oxygens (including phenoxy) is 1. The van der Waals surface area contributed by atoms with Gasteiger partial charge in [-0.25, -0.2) is 5.48 Å². The van der Waals surface area contributed by atoms with Crippen molar-refractivity contribution >= 4 is 11.9 Å². The van der Waals surface area contributed by atoms with E-state index in [4.69, 9.17) is 4.84 Å². The maximum absolute atomic E-state index is 11.1. The first kappa shape index (κ1) is 9.98. The van der Waals surface area contributed by atoms with Crippen molar-refractivity contribution in [2.24, 2.45) is 5.92 Å². The monoisotopic (exact) mass is 187 g/mol. The Bertz CT molecular complexity index is 231. The number of carbonyl (C=O) groups excluding carboxylic acids is 2. The highest BCUT2D eigenvalue weighted by atomic mass is 16.7. The summed E-state index contributed by atoms with van der Waals surface area (Å²) in [6, 6.07) is 0. The van der Waals surface area contributed by atoms with E-state index in [1.54, 1.807) is 20.8 Å². The molecular formula is C8H13NO4. The van der Waals surface area contributed by atoms with Gasteiger partial charge in [-0.2, -0.15) is 0 Å². The Morgan fingerprint density at radius 3 is 2.54 bits per heavy atom. The van der Waals surface area contributed by atoms with Crippen molar-refractivity contribution in [2.45, 2.75) is 26.4 Å². The third-order valence-electron chi connectivity index (χ3n) is 1.45. The molecule has 0 spiro atoms. The molecule has 1 N–H and O–H groups in total. The number of cyclic esters (lactones) is 1. The molecule has 0 aliphatic carbocycles. The molecule has 0 aromatic carbocycles. The molecule has 5 heteroatoms. The number of nitrogens with one attached hydrogen (secondary N) is 1. The average molecular weight is 187 g/mol. The number of hydroxylamine groups is 1. The molecule has 1 unspecified atom stereocenters. The highest BCUT2D eigenvalue weighted by molar-refractivity contribution is 6.00. The minimum Gasteiger partial charge on any atom is -0.464 e. The molecule has 1 atom stereocenters. The van der Waals surface area contributed by atoms with Gasteiger partial charge in [-0.15, -0.1) is 0 Å². The number of amides is 1. The lowest BCUT2D eigenvalue weighted by Crippen LogP contribution is -2.48. The van der Waals surface area contributed by atoms with E-state index in [0.29, 0.717) is 0 Å². The number of rotatable bonds is 2. The lowest BCUT2D eigenvalue weighted by atomic mass is 10.1. The summed E-state index contributed by atoms with van der Waals surface area (Å²) in [6.07, 6.45) is 0. The minimum atomic E-state index is -0.692. The van der Waals surface area contributed by atoms with Crippen LogP contribution < -0.4 is 5.48 Å². The maximum atomic E-state index is 11.1. The number of esters is 1. The highest BCUT2D eigenvalue weighted by Gasteiger charge is 2.38. The van der Waals surface area contributed by atoms with Gasteiger partial charge in [-0.05, 0) is 20.8 Å². The van der Waals surface area contributed by atoms with Gasteiger partial charge in [0.15, 0.2) is 5.92 Å². The molecule has 5 nitrogen and oxygen atoms in total. The molecule has 1 rings (SSSR count). The Morgan fingerprint density at radius 1 is 1.62 bits per heavy atom. The van der Waals surface area contributed by atoms with Crippen molar-refractivity contribution in [3.05, 3.63) is 0 Å². The Hall–Kier alpha value is -1.10.